The lowest BCUT2D eigenvalue weighted by molar-refractivity contribution is -0.130. The van der Waals surface area contributed by atoms with Crippen molar-refractivity contribution < 1.29 is 4.79 Å². The molecule has 6 heteroatoms. The van der Waals surface area contributed by atoms with E-state index in [2.05, 4.69) is 0 Å². The summed E-state index contributed by atoms with van der Waals surface area (Å²) in [7, 11) is 0. The standard InChI is InChI=1S/C15H16ClN3OS/c16-13-3-5-14(6-4-13)21-12-7-15(20)19(10-1-8-17)11-2-9-18/h3-6H,1-2,7,10-12H2. The Labute approximate surface area is 134 Å². The van der Waals surface area contributed by atoms with Gasteiger partial charge < -0.3 is 4.90 Å². The molecule has 1 rings (SSSR count). The highest BCUT2D eigenvalue weighted by molar-refractivity contribution is 7.99. The fraction of sp³-hybridized carbons (Fsp3) is 0.400. The molecular weight excluding hydrogens is 306 g/mol. The van der Waals surface area contributed by atoms with Crippen LogP contribution in [0.2, 0.25) is 5.02 Å². The Kier molecular flexibility index (Phi) is 8.35. The number of nitriles is 2. The van der Waals surface area contributed by atoms with E-state index >= 15 is 0 Å². The number of halogens is 1. The molecule has 0 heterocycles. The van der Waals surface area contributed by atoms with Crippen molar-refractivity contribution in [2.75, 3.05) is 18.8 Å². The van der Waals surface area contributed by atoms with Gasteiger partial charge in [-0.2, -0.15) is 10.5 Å². The van der Waals surface area contributed by atoms with Crippen LogP contribution in [0.1, 0.15) is 19.3 Å². The number of amides is 1. The van der Waals surface area contributed by atoms with Crippen LogP contribution in [0.3, 0.4) is 0 Å². The van der Waals surface area contributed by atoms with Crippen molar-refractivity contribution in [1.82, 2.24) is 4.90 Å². The number of carbonyl (C=O) groups excluding carboxylic acids is 1. The molecule has 1 aromatic carbocycles. The van der Waals surface area contributed by atoms with Gasteiger partial charge in [0, 0.05) is 35.2 Å². The normalized spacial score (nSPS) is 9.67. The summed E-state index contributed by atoms with van der Waals surface area (Å²) in [6.45, 7) is 0.783. The molecule has 0 aliphatic heterocycles. The summed E-state index contributed by atoms with van der Waals surface area (Å²) in [4.78, 5) is 14.7. The van der Waals surface area contributed by atoms with Crippen LogP contribution in [0.15, 0.2) is 29.2 Å². The number of carbonyl (C=O) groups is 1. The maximum Gasteiger partial charge on any atom is 0.223 e. The van der Waals surface area contributed by atoms with Gasteiger partial charge in [0.15, 0.2) is 0 Å². The highest BCUT2D eigenvalue weighted by atomic mass is 35.5. The third kappa shape index (κ3) is 7.04. The van der Waals surface area contributed by atoms with Gasteiger partial charge in [-0.3, -0.25) is 4.79 Å². The molecule has 0 aromatic heterocycles. The Morgan fingerprint density at radius 1 is 1.14 bits per heavy atom. The van der Waals surface area contributed by atoms with Gasteiger partial charge in [-0.15, -0.1) is 11.8 Å². The van der Waals surface area contributed by atoms with Crippen LogP contribution in [-0.2, 0) is 4.79 Å². The summed E-state index contributed by atoms with van der Waals surface area (Å²) >= 11 is 7.40. The first-order valence-corrected chi connectivity index (χ1v) is 7.93. The second-order valence-electron chi connectivity index (χ2n) is 4.25. The largest absolute Gasteiger partial charge is 0.341 e. The molecule has 4 nitrogen and oxygen atoms in total. The number of hydrogen-bond acceptors (Lipinski definition) is 4. The molecule has 1 amide bonds. The van der Waals surface area contributed by atoms with Crippen LogP contribution in [-0.4, -0.2) is 29.6 Å². The molecule has 0 fully saturated rings. The Bertz CT molecular complexity index is 515. The van der Waals surface area contributed by atoms with E-state index in [4.69, 9.17) is 22.1 Å². The monoisotopic (exact) mass is 321 g/mol. The second-order valence-corrected chi connectivity index (χ2v) is 5.85. The minimum absolute atomic E-state index is 0.0121. The van der Waals surface area contributed by atoms with Crippen LogP contribution < -0.4 is 0 Å². The van der Waals surface area contributed by atoms with Gasteiger partial charge in [0.1, 0.15) is 0 Å². The molecule has 0 spiro atoms. The number of benzene rings is 1. The van der Waals surface area contributed by atoms with Gasteiger partial charge in [0.25, 0.3) is 0 Å². The number of rotatable bonds is 8. The predicted octanol–water partition coefficient (Wildman–Crippen LogP) is 3.48. The first kappa shape index (κ1) is 17.4. The summed E-state index contributed by atoms with van der Waals surface area (Å²) in [6, 6.07) is 11.5. The Hall–Kier alpha value is -1.69. The Morgan fingerprint density at radius 2 is 1.71 bits per heavy atom. The number of hydrogen-bond donors (Lipinski definition) is 0. The molecule has 110 valence electrons. The van der Waals surface area contributed by atoms with E-state index < -0.39 is 0 Å². The quantitative estimate of drug-likeness (QED) is 0.687. The van der Waals surface area contributed by atoms with E-state index in [1.807, 2.05) is 36.4 Å². The summed E-state index contributed by atoms with van der Waals surface area (Å²) < 4.78 is 0. The molecule has 0 N–H and O–H groups in total. The van der Waals surface area contributed by atoms with Crippen molar-refractivity contribution in [3.05, 3.63) is 29.3 Å². The van der Waals surface area contributed by atoms with E-state index in [0.29, 0.717) is 43.1 Å². The van der Waals surface area contributed by atoms with Gasteiger partial charge in [-0.25, -0.2) is 0 Å². The molecule has 0 radical (unpaired) electrons. The lowest BCUT2D eigenvalue weighted by atomic mass is 10.3. The topological polar surface area (TPSA) is 67.9 Å². The third-order valence-corrected chi connectivity index (χ3v) is 4.00. The minimum Gasteiger partial charge on any atom is -0.341 e. The van der Waals surface area contributed by atoms with Crippen molar-refractivity contribution in [1.29, 1.82) is 10.5 Å². The molecule has 0 saturated heterocycles. The zero-order chi connectivity index (χ0) is 15.5. The van der Waals surface area contributed by atoms with Crippen molar-refractivity contribution in [3.8, 4) is 12.1 Å². The van der Waals surface area contributed by atoms with Gasteiger partial charge in [-0.05, 0) is 24.3 Å². The van der Waals surface area contributed by atoms with Crippen LogP contribution in [0.25, 0.3) is 0 Å². The van der Waals surface area contributed by atoms with E-state index in [1.165, 1.54) is 0 Å². The minimum atomic E-state index is -0.0121. The maximum atomic E-state index is 12.1. The highest BCUT2D eigenvalue weighted by Crippen LogP contribution is 2.21. The van der Waals surface area contributed by atoms with E-state index in [-0.39, 0.29) is 5.91 Å². The molecule has 21 heavy (non-hydrogen) atoms. The Balaban J connectivity index is 2.40. The van der Waals surface area contributed by atoms with Crippen LogP contribution in [0, 0.1) is 22.7 Å². The molecule has 0 atom stereocenters. The van der Waals surface area contributed by atoms with E-state index in [1.54, 1.807) is 16.7 Å². The molecule has 0 bridgehead atoms. The molecular formula is C15H16ClN3OS. The molecule has 0 aliphatic carbocycles. The number of thioether (sulfide) groups is 1. The molecule has 1 aromatic rings. The fourth-order valence-corrected chi connectivity index (χ4v) is 2.64. The van der Waals surface area contributed by atoms with E-state index in [0.717, 1.165) is 4.90 Å². The zero-order valence-electron chi connectivity index (χ0n) is 11.6. The lowest BCUT2D eigenvalue weighted by Gasteiger charge is -2.20. The van der Waals surface area contributed by atoms with Crippen LogP contribution >= 0.6 is 23.4 Å². The summed E-state index contributed by atoms with van der Waals surface area (Å²) in [6.07, 6.45) is 0.979. The lowest BCUT2D eigenvalue weighted by Crippen LogP contribution is -2.32. The first-order valence-electron chi connectivity index (χ1n) is 6.57. The van der Waals surface area contributed by atoms with Gasteiger partial charge >= 0.3 is 0 Å². The van der Waals surface area contributed by atoms with Gasteiger partial charge in [0.05, 0.1) is 25.0 Å². The number of nitrogens with zero attached hydrogens (tertiary/aromatic N) is 3. The summed E-state index contributed by atoms with van der Waals surface area (Å²) in [5.74, 6) is 0.651. The second kappa shape index (κ2) is 10.1. The van der Waals surface area contributed by atoms with Crippen molar-refractivity contribution in [3.63, 3.8) is 0 Å². The maximum absolute atomic E-state index is 12.1. The summed E-state index contributed by atoms with van der Waals surface area (Å²) in [5, 5.41) is 17.9. The molecule has 0 saturated carbocycles. The smallest absolute Gasteiger partial charge is 0.223 e. The van der Waals surface area contributed by atoms with E-state index in [9.17, 15) is 4.79 Å². The molecule has 0 unspecified atom stereocenters. The fourth-order valence-electron chi connectivity index (χ4n) is 1.68. The van der Waals surface area contributed by atoms with Crippen molar-refractivity contribution in [2.24, 2.45) is 0 Å². The Morgan fingerprint density at radius 3 is 2.24 bits per heavy atom. The van der Waals surface area contributed by atoms with Crippen LogP contribution in [0.5, 0.6) is 0 Å². The molecule has 0 aliphatic rings. The van der Waals surface area contributed by atoms with Gasteiger partial charge in [-0.1, -0.05) is 11.6 Å². The SMILES string of the molecule is N#CCCN(CCC#N)C(=O)CCSc1ccc(Cl)cc1. The van der Waals surface area contributed by atoms with Crippen LogP contribution in [0.4, 0.5) is 0 Å². The summed E-state index contributed by atoms with van der Waals surface area (Å²) in [5.41, 5.74) is 0. The van der Waals surface area contributed by atoms with Crippen molar-refractivity contribution in [2.45, 2.75) is 24.2 Å². The average molecular weight is 322 g/mol. The van der Waals surface area contributed by atoms with Crippen molar-refractivity contribution >= 4 is 29.3 Å². The first-order chi connectivity index (χ1) is 10.2. The third-order valence-electron chi connectivity index (χ3n) is 2.74. The zero-order valence-corrected chi connectivity index (χ0v) is 13.2. The predicted molar refractivity (Wildman–Crippen MR) is 83.8 cm³/mol. The highest BCUT2D eigenvalue weighted by Gasteiger charge is 2.12. The average Bonchev–Trinajstić information content (AvgIpc) is 2.49. The van der Waals surface area contributed by atoms with Gasteiger partial charge in [0.2, 0.25) is 5.91 Å².